The predicted molar refractivity (Wildman–Crippen MR) is 122 cm³/mol. The molecule has 2 aromatic rings. The molecule has 1 amide bonds. The van der Waals surface area contributed by atoms with Crippen molar-refractivity contribution in [2.75, 3.05) is 38.5 Å². The van der Waals surface area contributed by atoms with Crippen LogP contribution in [0.15, 0.2) is 41.3 Å². The smallest absolute Gasteiger partial charge is 0.341 e. The maximum absolute atomic E-state index is 13.2. The Morgan fingerprint density at radius 3 is 2.67 bits per heavy atom. The Balaban J connectivity index is 1.60. The molecule has 176 valence electrons. The number of hydrogen-bond acceptors (Lipinski definition) is 6. The summed E-state index contributed by atoms with van der Waals surface area (Å²) in [5, 5.41) is 12.5. The second kappa shape index (κ2) is 9.03. The Kier molecular flexibility index (Phi) is 6.31. The highest BCUT2D eigenvalue weighted by atomic mass is 32.2. The molecule has 0 bridgehead atoms. The molecular formula is C23H27N3O6S. The fourth-order valence-electron chi connectivity index (χ4n) is 4.13. The quantitative estimate of drug-likeness (QED) is 0.478. The third kappa shape index (κ3) is 4.81. The first kappa shape index (κ1) is 23.1. The summed E-state index contributed by atoms with van der Waals surface area (Å²) < 4.78 is 34.5. The number of nitrogens with one attached hydrogen (secondary N) is 2. The molecule has 0 radical (unpaired) electrons. The largest absolute Gasteiger partial charge is 0.492 e. The molecule has 3 N–H and O–H groups in total. The summed E-state index contributed by atoms with van der Waals surface area (Å²) in [7, 11) is -0.405. The molecule has 1 aliphatic heterocycles. The number of carboxylic acid groups (broad SMARTS) is 1. The first-order chi connectivity index (χ1) is 15.7. The molecule has 10 heteroatoms. The summed E-state index contributed by atoms with van der Waals surface area (Å²) in [6.45, 7) is 1.60. The van der Waals surface area contributed by atoms with E-state index in [4.69, 9.17) is 4.74 Å². The SMILES string of the molecule is CN(C)CCCNC(=O)c1ccccc1S(=O)(=O)Nc1ccc2c(c1C(=O)O)OCC1CC21. The van der Waals surface area contributed by atoms with Crippen LogP contribution in [-0.2, 0) is 10.0 Å². The third-order valence-corrected chi connectivity index (χ3v) is 7.32. The fourth-order valence-corrected chi connectivity index (χ4v) is 5.40. The van der Waals surface area contributed by atoms with Crippen LogP contribution in [0.2, 0.25) is 0 Å². The summed E-state index contributed by atoms with van der Waals surface area (Å²) >= 11 is 0. The molecule has 1 aliphatic carbocycles. The van der Waals surface area contributed by atoms with Gasteiger partial charge in [0.2, 0.25) is 0 Å². The summed E-state index contributed by atoms with van der Waals surface area (Å²) in [5.41, 5.74) is 0.472. The van der Waals surface area contributed by atoms with Gasteiger partial charge in [-0.1, -0.05) is 18.2 Å². The second-order valence-corrected chi connectivity index (χ2v) is 10.3. The first-order valence-corrected chi connectivity index (χ1v) is 12.2. The predicted octanol–water partition coefficient (Wildman–Crippen LogP) is 2.36. The van der Waals surface area contributed by atoms with Crippen molar-refractivity contribution >= 4 is 27.6 Å². The van der Waals surface area contributed by atoms with Gasteiger partial charge >= 0.3 is 5.97 Å². The molecule has 9 nitrogen and oxygen atoms in total. The van der Waals surface area contributed by atoms with E-state index >= 15 is 0 Å². The van der Waals surface area contributed by atoms with Gasteiger partial charge in [0.05, 0.1) is 17.9 Å². The van der Waals surface area contributed by atoms with E-state index in [-0.39, 0.29) is 33.4 Å². The van der Waals surface area contributed by atoms with Crippen LogP contribution in [0, 0.1) is 5.92 Å². The molecule has 2 aliphatic rings. The zero-order valence-electron chi connectivity index (χ0n) is 18.5. The number of aromatic carboxylic acids is 1. The summed E-state index contributed by atoms with van der Waals surface area (Å²) in [6.07, 6.45) is 1.65. The van der Waals surface area contributed by atoms with Gasteiger partial charge in [-0.05, 0) is 63.2 Å². The summed E-state index contributed by atoms with van der Waals surface area (Å²) in [5.74, 6) is -0.926. The van der Waals surface area contributed by atoms with Crippen LogP contribution >= 0.6 is 0 Å². The molecule has 0 saturated heterocycles. The number of fused-ring (bicyclic) bond motifs is 3. The molecule has 1 heterocycles. The number of amides is 1. The van der Waals surface area contributed by atoms with Crippen molar-refractivity contribution in [1.29, 1.82) is 0 Å². The van der Waals surface area contributed by atoms with E-state index in [1.54, 1.807) is 12.1 Å². The molecule has 2 atom stereocenters. The van der Waals surface area contributed by atoms with Crippen LogP contribution in [0.3, 0.4) is 0 Å². The normalized spacial score (nSPS) is 18.6. The number of nitrogens with zero attached hydrogens (tertiary/aromatic N) is 1. The van der Waals surface area contributed by atoms with E-state index in [1.807, 2.05) is 19.0 Å². The zero-order chi connectivity index (χ0) is 23.8. The number of carbonyl (C=O) groups excluding carboxylic acids is 1. The van der Waals surface area contributed by atoms with Gasteiger partial charge in [-0.2, -0.15) is 0 Å². The number of benzene rings is 2. The molecule has 2 aromatic carbocycles. The molecule has 2 unspecified atom stereocenters. The van der Waals surface area contributed by atoms with Crippen LogP contribution in [-0.4, -0.2) is 64.1 Å². The van der Waals surface area contributed by atoms with Gasteiger partial charge in [0.25, 0.3) is 15.9 Å². The lowest BCUT2D eigenvalue weighted by molar-refractivity contribution is 0.0692. The van der Waals surface area contributed by atoms with Crippen LogP contribution in [0.25, 0.3) is 0 Å². The number of ether oxygens (including phenoxy) is 1. The third-order valence-electron chi connectivity index (χ3n) is 5.90. The lowest BCUT2D eigenvalue weighted by Gasteiger charge is -2.21. The minimum Gasteiger partial charge on any atom is -0.492 e. The monoisotopic (exact) mass is 473 g/mol. The highest BCUT2D eigenvalue weighted by Crippen LogP contribution is 2.55. The van der Waals surface area contributed by atoms with Gasteiger partial charge < -0.3 is 20.1 Å². The summed E-state index contributed by atoms with van der Waals surface area (Å²) in [4.78, 5) is 26.5. The van der Waals surface area contributed by atoms with E-state index in [1.165, 1.54) is 24.3 Å². The fraction of sp³-hybridized carbons (Fsp3) is 0.391. The van der Waals surface area contributed by atoms with Crippen molar-refractivity contribution in [1.82, 2.24) is 10.2 Å². The molecule has 1 saturated carbocycles. The lowest BCUT2D eigenvalue weighted by Crippen LogP contribution is -2.29. The average molecular weight is 474 g/mol. The van der Waals surface area contributed by atoms with Crippen molar-refractivity contribution in [3.8, 4) is 5.75 Å². The van der Waals surface area contributed by atoms with Crippen LogP contribution in [0.4, 0.5) is 5.69 Å². The summed E-state index contributed by atoms with van der Waals surface area (Å²) in [6, 6.07) is 9.01. The molecule has 1 fully saturated rings. The molecular weight excluding hydrogens is 446 g/mol. The van der Waals surface area contributed by atoms with Gasteiger partial charge in [-0.3, -0.25) is 9.52 Å². The van der Waals surface area contributed by atoms with Gasteiger partial charge in [0.1, 0.15) is 16.2 Å². The molecule has 0 aromatic heterocycles. The zero-order valence-corrected chi connectivity index (χ0v) is 19.3. The van der Waals surface area contributed by atoms with Gasteiger partial charge in [-0.25, -0.2) is 13.2 Å². The topological polar surface area (TPSA) is 125 Å². The maximum Gasteiger partial charge on any atom is 0.341 e. The number of carbonyl (C=O) groups is 2. The average Bonchev–Trinajstić information content (AvgIpc) is 3.56. The van der Waals surface area contributed by atoms with Gasteiger partial charge in [0.15, 0.2) is 0 Å². The van der Waals surface area contributed by atoms with Crippen molar-refractivity contribution in [3.05, 3.63) is 53.1 Å². The Bertz CT molecular complexity index is 1190. The highest BCUT2D eigenvalue weighted by Gasteiger charge is 2.45. The number of anilines is 1. The minimum atomic E-state index is -4.26. The van der Waals surface area contributed by atoms with E-state index in [0.29, 0.717) is 25.5 Å². The Morgan fingerprint density at radius 2 is 1.94 bits per heavy atom. The van der Waals surface area contributed by atoms with Crippen LogP contribution in [0.1, 0.15) is 45.0 Å². The van der Waals surface area contributed by atoms with E-state index in [2.05, 4.69) is 10.0 Å². The van der Waals surface area contributed by atoms with Crippen LogP contribution in [0.5, 0.6) is 5.75 Å². The Labute approximate surface area is 192 Å². The molecule has 33 heavy (non-hydrogen) atoms. The maximum atomic E-state index is 13.2. The van der Waals surface area contributed by atoms with E-state index < -0.39 is 21.9 Å². The number of rotatable bonds is 9. The van der Waals surface area contributed by atoms with Crippen molar-refractivity contribution in [3.63, 3.8) is 0 Å². The van der Waals surface area contributed by atoms with E-state index in [9.17, 15) is 23.1 Å². The number of carboxylic acids is 1. The van der Waals surface area contributed by atoms with Crippen molar-refractivity contribution in [2.24, 2.45) is 5.92 Å². The minimum absolute atomic E-state index is 0.0123. The molecule has 4 rings (SSSR count). The first-order valence-electron chi connectivity index (χ1n) is 10.8. The van der Waals surface area contributed by atoms with Crippen molar-refractivity contribution in [2.45, 2.75) is 23.7 Å². The second-order valence-electron chi connectivity index (χ2n) is 8.64. The standard InChI is InChI=1S/C23H27N3O6S/c1-26(2)11-5-10-24-22(27)16-6-3-4-7-19(16)33(30,31)25-18-9-8-15-17-12-14(17)13-32-21(15)20(18)23(28)29/h3-4,6-9,14,17,25H,5,10-13H2,1-2H3,(H,24,27)(H,28,29). The van der Waals surface area contributed by atoms with E-state index in [0.717, 1.165) is 18.5 Å². The van der Waals surface area contributed by atoms with Crippen LogP contribution < -0.4 is 14.8 Å². The Morgan fingerprint density at radius 1 is 1.18 bits per heavy atom. The van der Waals surface area contributed by atoms with Gasteiger partial charge in [0, 0.05) is 12.5 Å². The molecule has 0 spiro atoms. The number of hydrogen-bond donors (Lipinski definition) is 3. The highest BCUT2D eigenvalue weighted by molar-refractivity contribution is 7.92. The number of sulfonamides is 1. The van der Waals surface area contributed by atoms with Gasteiger partial charge in [-0.15, -0.1) is 0 Å². The Hall–Kier alpha value is -3.11. The van der Waals surface area contributed by atoms with Crippen molar-refractivity contribution < 1.29 is 27.9 Å². The lowest BCUT2D eigenvalue weighted by atomic mass is 10.0.